The second-order valence-corrected chi connectivity index (χ2v) is 7.40. The van der Waals surface area contributed by atoms with Crippen molar-refractivity contribution < 1.29 is 0 Å². The highest BCUT2D eigenvalue weighted by Gasteiger charge is 2.25. The number of benzene rings is 1. The van der Waals surface area contributed by atoms with E-state index in [1.54, 1.807) is 0 Å². The maximum atomic E-state index is 5.89. The number of thioether (sulfide) groups is 1. The second-order valence-electron chi connectivity index (χ2n) is 4.88. The molecule has 0 bridgehead atoms. The van der Waals surface area contributed by atoms with Crippen LogP contribution in [0.2, 0.25) is 0 Å². The van der Waals surface area contributed by atoms with Crippen LogP contribution < -0.4 is 5.73 Å². The predicted molar refractivity (Wildman–Crippen MR) is 80.3 cm³/mol. The fourth-order valence-electron chi connectivity index (χ4n) is 2.63. The predicted octanol–water partition coefficient (Wildman–Crippen LogP) is 3.91. The van der Waals surface area contributed by atoms with Crippen LogP contribution in [-0.4, -0.2) is 16.8 Å². The van der Waals surface area contributed by atoms with Crippen molar-refractivity contribution in [3.05, 3.63) is 24.3 Å². The molecule has 18 heavy (non-hydrogen) atoms. The Bertz CT molecular complexity index is 490. The fourth-order valence-corrected chi connectivity index (χ4v) is 5.29. The van der Waals surface area contributed by atoms with Crippen molar-refractivity contribution in [1.29, 1.82) is 0 Å². The Morgan fingerprint density at radius 1 is 1.28 bits per heavy atom. The van der Waals surface area contributed by atoms with Gasteiger partial charge in [-0.15, -0.1) is 11.3 Å². The third kappa shape index (κ3) is 2.56. The van der Waals surface area contributed by atoms with Crippen molar-refractivity contribution in [3.8, 4) is 0 Å². The molecule has 3 rings (SSSR count). The largest absolute Gasteiger partial charge is 0.330 e. The molecule has 96 valence electrons. The summed E-state index contributed by atoms with van der Waals surface area (Å²) in [7, 11) is 0. The molecule has 2 aromatic rings. The van der Waals surface area contributed by atoms with Gasteiger partial charge in [0.1, 0.15) is 0 Å². The Morgan fingerprint density at radius 2 is 2.11 bits per heavy atom. The third-order valence-electron chi connectivity index (χ3n) is 3.67. The van der Waals surface area contributed by atoms with Gasteiger partial charge in [0.25, 0.3) is 0 Å². The molecule has 1 saturated carbocycles. The van der Waals surface area contributed by atoms with E-state index in [-0.39, 0.29) is 0 Å². The van der Waals surface area contributed by atoms with Gasteiger partial charge in [-0.05, 0) is 37.4 Å². The lowest BCUT2D eigenvalue weighted by Gasteiger charge is -2.29. The number of para-hydroxylation sites is 1. The molecule has 0 amide bonds. The standard InChI is InChI=1S/C14H18N2S2/c15-9-10-5-1-3-7-12(10)17-14-16-11-6-2-4-8-13(11)18-14/h2,4,6,8,10,12H,1,3,5,7,9,15H2. The SMILES string of the molecule is NCC1CCCCC1Sc1nc2ccccc2s1. The number of nitrogens with two attached hydrogens (primary N) is 1. The van der Waals surface area contributed by atoms with Crippen molar-refractivity contribution in [2.24, 2.45) is 11.7 Å². The van der Waals surface area contributed by atoms with Crippen LogP contribution in [0.25, 0.3) is 10.2 Å². The van der Waals surface area contributed by atoms with Gasteiger partial charge < -0.3 is 5.73 Å². The van der Waals surface area contributed by atoms with Crippen LogP contribution >= 0.6 is 23.1 Å². The lowest BCUT2D eigenvalue weighted by Crippen LogP contribution is -2.28. The van der Waals surface area contributed by atoms with Gasteiger partial charge >= 0.3 is 0 Å². The van der Waals surface area contributed by atoms with E-state index < -0.39 is 0 Å². The highest BCUT2D eigenvalue weighted by Crippen LogP contribution is 2.39. The monoisotopic (exact) mass is 278 g/mol. The Morgan fingerprint density at radius 3 is 2.94 bits per heavy atom. The Kier molecular flexibility index (Phi) is 3.87. The number of thiazole rings is 1. The molecular weight excluding hydrogens is 260 g/mol. The van der Waals surface area contributed by atoms with Gasteiger partial charge in [0.2, 0.25) is 0 Å². The van der Waals surface area contributed by atoms with Gasteiger partial charge in [0, 0.05) is 5.25 Å². The molecule has 0 spiro atoms. The van der Waals surface area contributed by atoms with Gasteiger partial charge in [-0.3, -0.25) is 0 Å². The number of nitrogens with zero attached hydrogens (tertiary/aromatic N) is 1. The first-order valence-corrected chi connectivity index (χ1v) is 8.29. The Labute approximate surface area is 116 Å². The zero-order valence-electron chi connectivity index (χ0n) is 10.3. The average Bonchev–Trinajstić information content (AvgIpc) is 2.81. The topological polar surface area (TPSA) is 38.9 Å². The van der Waals surface area contributed by atoms with E-state index in [0.717, 1.165) is 12.1 Å². The lowest BCUT2D eigenvalue weighted by atomic mass is 9.89. The Hall–Kier alpha value is -0.580. The van der Waals surface area contributed by atoms with E-state index in [0.29, 0.717) is 11.2 Å². The smallest absolute Gasteiger partial charge is 0.151 e. The number of fused-ring (bicyclic) bond motifs is 1. The first-order chi connectivity index (χ1) is 8.86. The van der Waals surface area contributed by atoms with Crippen molar-refractivity contribution in [2.75, 3.05) is 6.54 Å². The van der Waals surface area contributed by atoms with Crippen LogP contribution in [0.3, 0.4) is 0 Å². The molecule has 2 nitrogen and oxygen atoms in total. The second kappa shape index (κ2) is 5.59. The molecular formula is C14H18N2S2. The van der Waals surface area contributed by atoms with Crippen LogP contribution in [0, 0.1) is 5.92 Å². The summed E-state index contributed by atoms with van der Waals surface area (Å²) in [6.45, 7) is 0.822. The van der Waals surface area contributed by atoms with Crippen LogP contribution in [0.5, 0.6) is 0 Å². The van der Waals surface area contributed by atoms with Crippen LogP contribution in [-0.2, 0) is 0 Å². The van der Waals surface area contributed by atoms with Crippen molar-refractivity contribution in [3.63, 3.8) is 0 Å². The number of aromatic nitrogens is 1. The fraction of sp³-hybridized carbons (Fsp3) is 0.500. The molecule has 0 aliphatic heterocycles. The highest BCUT2D eigenvalue weighted by atomic mass is 32.2. The van der Waals surface area contributed by atoms with E-state index in [2.05, 4.69) is 24.3 Å². The van der Waals surface area contributed by atoms with Gasteiger partial charge in [0.05, 0.1) is 10.2 Å². The van der Waals surface area contributed by atoms with Crippen molar-refractivity contribution in [2.45, 2.75) is 35.3 Å². The third-order valence-corrected chi connectivity index (χ3v) is 6.25. The number of hydrogen-bond donors (Lipinski definition) is 1. The van der Waals surface area contributed by atoms with Crippen LogP contribution in [0.1, 0.15) is 25.7 Å². The lowest BCUT2D eigenvalue weighted by molar-refractivity contribution is 0.378. The summed E-state index contributed by atoms with van der Waals surface area (Å²) in [5.74, 6) is 0.677. The molecule has 2 N–H and O–H groups in total. The van der Waals surface area contributed by atoms with E-state index in [9.17, 15) is 0 Å². The molecule has 4 heteroatoms. The summed E-state index contributed by atoms with van der Waals surface area (Å²) in [5, 5.41) is 0.671. The zero-order valence-corrected chi connectivity index (χ0v) is 12.0. The van der Waals surface area contributed by atoms with Crippen molar-refractivity contribution in [1.82, 2.24) is 4.98 Å². The number of hydrogen-bond acceptors (Lipinski definition) is 4. The van der Waals surface area contributed by atoms with E-state index in [1.807, 2.05) is 23.1 Å². The highest BCUT2D eigenvalue weighted by molar-refractivity contribution is 8.01. The summed E-state index contributed by atoms with van der Waals surface area (Å²) in [5.41, 5.74) is 7.02. The molecule has 1 aliphatic carbocycles. The molecule has 0 radical (unpaired) electrons. The van der Waals surface area contributed by atoms with Gasteiger partial charge in [-0.25, -0.2) is 4.98 Å². The van der Waals surface area contributed by atoms with Crippen molar-refractivity contribution >= 4 is 33.3 Å². The molecule has 2 unspecified atom stereocenters. The average molecular weight is 278 g/mol. The van der Waals surface area contributed by atoms with Crippen LogP contribution in [0.15, 0.2) is 28.6 Å². The quantitative estimate of drug-likeness (QED) is 0.925. The molecule has 1 aliphatic rings. The van der Waals surface area contributed by atoms with E-state index in [4.69, 9.17) is 10.7 Å². The Balaban J connectivity index is 1.78. The summed E-state index contributed by atoms with van der Waals surface area (Å²) in [6, 6.07) is 8.38. The van der Waals surface area contributed by atoms with E-state index >= 15 is 0 Å². The van der Waals surface area contributed by atoms with E-state index in [1.165, 1.54) is 34.7 Å². The maximum absolute atomic E-state index is 5.89. The minimum Gasteiger partial charge on any atom is -0.330 e. The van der Waals surface area contributed by atoms with Crippen LogP contribution in [0.4, 0.5) is 0 Å². The summed E-state index contributed by atoms with van der Waals surface area (Å²) in [6.07, 6.45) is 5.28. The van der Waals surface area contributed by atoms with Gasteiger partial charge in [-0.2, -0.15) is 0 Å². The zero-order chi connectivity index (χ0) is 12.4. The first kappa shape index (κ1) is 12.5. The molecule has 1 heterocycles. The molecule has 1 aromatic carbocycles. The van der Waals surface area contributed by atoms with Gasteiger partial charge in [-0.1, -0.05) is 36.7 Å². The minimum atomic E-state index is 0.671. The summed E-state index contributed by atoms with van der Waals surface area (Å²) in [4.78, 5) is 4.72. The maximum Gasteiger partial charge on any atom is 0.151 e. The first-order valence-electron chi connectivity index (χ1n) is 6.59. The normalized spacial score (nSPS) is 24.5. The summed E-state index contributed by atoms with van der Waals surface area (Å²) >= 11 is 3.76. The minimum absolute atomic E-state index is 0.671. The molecule has 1 aromatic heterocycles. The molecule has 1 fully saturated rings. The summed E-state index contributed by atoms with van der Waals surface area (Å²) < 4.78 is 2.50. The van der Waals surface area contributed by atoms with Gasteiger partial charge in [0.15, 0.2) is 4.34 Å². The molecule has 0 saturated heterocycles. The number of rotatable bonds is 3. The molecule has 2 atom stereocenters.